The number of Topliss-reactive ketones (excluding diaryl/α,β-unsaturated/α-hetero) is 1. The molecular weight excluding hydrogens is 202 g/mol. The minimum Gasteiger partial charge on any atom is -0.346 e. The van der Waals surface area contributed by atoms with E-state index in [2.05, 4.69) is 4.99 Å². The van der Waals surface area contributed by atoms with E-state index in [1.165, 1.54) is 7.11 Å². The van der Waals surface area contributed by atoms with E-state index < -0.39 is 5.72 Å². The zero-order valence-electron chi connectivity index (χ0n) is 9.56. The zero-order chi connectivity index (χ0) is 11.6. The number of benzene rings is 1. The Morgan fingerprint density at radius 3 is 2.62 bits per heavy atom. The number of nitrogens with zero attached hydrogens (tertiary/aromatic N) is 1. The molecule has 1 aliphatic rings. The van der Waals surface area contributed by atoms with Gasteiger partial charge in [0.2, 0.25) is 0 Å². The second-order valence-corrected chi connectivity index (χ2v) is 3.85. The predicted molar refractivity (Wildman–Crippen MR) is 62.6 cm³/mol. The first-order valence-corrected chi connectivity index (χ1v) is 5.49. The molecule has 0 fully saturated rings. The first-order valence-electron chi connectivity index (χ1n) is 5.49. The number of aliphatic imine (C=N–C) groups is 1. The van der Waals surface area contributed by atoms with Crippen molar-refractivity contribution in [1.29, 1.82) is 0 Å². The fourth-order valence-electron chi connectivity index (χ4n) is 1.83. The van der Waals surface area contributed by atoms with Gasteiger partial charge < -0.3 is 4.74 Å². The van der Waals surface area contributed by atoms with E-state index in [1.807, 2.05) is 37.3 Å². The van der Waals surface area contributed by atoms with Crippen molar-refractivity contribution >= 4 is 11.5 Å². The normalized spacial score (nSPS) is 22.8. The molecule has 3 heteroatoms. The van der Waals surface area contributed by atoms with Crippen LogP contribution in [-0.4, -0.2) is 24.3 Å². The van der Waals surface area contributed by atoms with Crippen LogP contribution in [0, 0.1) is 0 Å². The van der Waals surface area contributed by atoms with Gasteiger partial charge in [-0.05, 0) is 6.42 Å². The van der Waals surface area contributed by atoms with Crippen LogP contribution in [0.3, 0.4) is 0 Å². The molecule has 0 saturated carbocycles. The summed E-state index contributed by atoms with van der Waals surface area (Å²) in [6, 6.07) is 9.69. The lowest BCUT2D eigenvalue weighted by Crippen LogP contribution is -2.32. The Labute approximate surface area is 95.2 Å². The molecule has 0 spiro atoms. The van der Waals surface area contributed by atoms with Gasteiger partial charge in [0.15, 0.2) is 5.78 Å². The summed E-state index contributed by atoms with van der Waals surface area (Å²) in [6.07, 6.45) is 1.33. The van der Waals surface area contributed by atoms with Crippen LogP contribution in [0.2, 0.25) is 0 Å². The number of hydrogen-bond donors (Lipinski definition) is 0. The third kappa shape index (κ3) is 1.67. The monoisotopic (exact) mass is 217 g/mol. The maximum Gasteiger partial charge on any atom is 0.262 e. The largest absolute Gasteiger partial charge is 0.346 e. The Morgan fingerprint density at radius 2 is 2.06 bits per heavy atom. The van der Waals surface area contributed by atoms with Crippen LogP contribution in [-0.2, 0) is 9.53 Å². The molecule has 16 heavy (non-hydrogen) atoms. The van der Waals surface area contributed by atoms with Crippen LogP contribution >= 0.6 is 0 Å². The first-order chi connectivity index (χ1) is 7.74. The standard InChI is InChI=1S/C13H15NO2/c1-3-7-11(15)13(16-2)12(14-13)10-8-5-4-6-9-10/h4-6,8-9H,3,7H2,1-2H3. The molecule has 1 aromatic carbocycles. The lowest BCUT2D eigenvalue weighted by molar-refractivity contribution is -0.130. The molecule has 0 bridgehead atoms. The Hall–Kier alpha value is -1.48. The molecular formula is C13H15NO2. The zero-order valence-corrected chi connectivity index (χ0v) is 9.56. The Balaban J connectivity index is 2.17. The van der Waals surface area contributed by atoms with E-state index in [0.717, 1.165) is 17.7 Å². The highest BCUT2D eigenvalue weighted by molar-refractivity contribution is 6.29. The minimum atomic E-state index is -0.975. The number of carbonyl (C=O) groups is 1. The summed E-state index contributed by atoms with van der Waals surface area (Å²) >= 11 is 0. The predicted octanol–water partition coefficient (Wildman–Crippen LogP) is 2.20. The average molecular weight is 217 g/mol. The van der Waals surface area contributed by atoms with Crippen molar-refractivity contribution in [2.75, 3.05) is 7.11 Å². The highest BCUT2D eigenvalue weighted by Gasteiger charge is 2.54. The van der Waals surface area contributed by atoms with Crippen LogP contribution in [0.4, 0.5) is 0 Å². The van der Waals surface area contributed by atoms with Crippen LogP contribution in [0.5, 0.6) is 0 Å². The number of ether oxygens (including phenoxy) is 1. The van der Waals surface area contributed by atoms with Crippen LogP contribution in [0.1, 0.15) is 25.3 Å². The van der Waals surface area contributed by atoms with Crippen molar-refractivity contribution in [2.45, 2.75) is 25.5 Å². The average Bonchev–Trinajstić information content (AvgIpc) is 3.06. The summed E-state index contributed by atoms with van der Waals surface area (Å²) < 4.78 is 5.28. The van der Waals surface area contributed by atoms with E-state index in [9.17, 15) is 4.79 Å². The summed E-state index contributed by atoms with van der Waals surface area (Å²) in [5.41, 5.74) is 0.750. The van der Waals surface area contributed by atoms with Gasteiger partial charge in [-0.25, -0.2) is 4.99 Å². The Bertz CT molecular complexity index is 425. The number of rotatable bonds is 5. The van der Waals surface area contributed by atoms with Crippen LogP contribution < -0.4 is 0 Å². The quantitative estimate of drug-likeness (QED) is 0.758. The Kier molecular flexibility index (Phi) is 2.88. The fraction of sp³-hybridized carbons (Fsp3) is 0.385. The van der Waals surface area contributed by atoms with Gasteiger partial charge in [0.1, 0.15) is 5.71 Å². The van der Waals surface area contributed by atoms with Gasteiger partial charge in [-0.15, -0.1) is 0 Å². The summed E-state index contributed by atoms with van der Waals surface area (Å²) in [7, 11) is 1.53. The molecule has 1 atom stereocenters. The second-order valence-electron chi connectivity index (χ2n) is 3.85. The highest BCUT2D eigenvalue weighted by atomic mass is 16.5. The maximum absolute atomic E-state index is 11.9. The molecule has 0 amide bonds. The summed E-state index contributed by atoms with van der Waals surface area (Å²) in [4.78, 5) is 16.1. The van der Waals surface area contributed by atoms with Crippen molar-refractivity contribution in [3.8, 4) is 0 Å². The van der Waals surface area contributed by atoms with Gasteiger partial charge in [-0.2, -0.15) is 0 Å². The summed E-state index contributed by atoms with van der Waals surface area (Å²) in [6.45, 7) is 1.98. The van der Waals surface area contributed by atoms with Gasteiger partial charge in [0.05, 0.1) is 0 Å². The molecule has 0 aromatic heterocycles. The van der Waals surface area contributed by atoms with Crippen molar-refractivity contribution < 1.29 is 9.53 Å². The van der Waals surface area contributed by atoms with E-state index in [0.29, 0.717) is 6.42 Å². The van der Waals surface area contributed by atoms with Crippen molar-refractivity contribution in [1.82, 2.24) is 0 Å². The van der Waals surface area contributed by atoms with E-state index in [4.69, 9.17) is 4.74 Å². The summed E-state index contributed by atoms with van der Waals surface area (Å²) in [5, 5.41) is 0. The van der Waals surface area contributed by atoms with Crippen LogP contribution in [0.25, 0.3) is 0 Å². The smallest absolute Gasteiger partial charge is 0.262 e. The lowest BCUT2D eigenvalue weighted by atomic mass is 10.0. The number of hydrogen-bond acceptors (Lipinski definition) is 3. The molecule has 84 valence electrons. The SMILES string of the molecule is CCCC(=O)C1(OC)N=C1c1ccccc1. The van der Waals surface area contributed by atoms with Gasteiger partial charge in [0.25, 0.3) is 5.72 Å². The number of methoxy groups -OCH3 is 1. The second kappa shape index (κ2) is 4.18. The van der Waals surface area contributed by atoms with Crippen molar-refractivity contribution in [3.63, 3.8) is 0 Å². The molecule has 3 nitrogen and oxygen atoms in total. The molecule has 1 heterocycles. The van der Waals surface area contributed by atoms with E-state index >= 15 is 0 Å². The maximum atomic E-state index is 11.9. The molecule has 0 saturated heterocycles. The molecule has 1 aliphatic heterocycles. The van der Waals surface area contributed by atoms with Crippen LogP contribution in [0.15, 0.2) is 35.3 Å². The molecule has 0 aliphatic carbocycles. The number of ketones is 1. The molecule has 0 N–H and O–H groups in total. The summed E-state index contributed by atoms with van der Waals surface area (Å²) in [5.74, 6) is 0.0522. The van der Waals surface area contributed by atoms with Crippen molar-refractivity contribution in [3.05, 3.63) is 35.9 Å². The molecule has 0 radical (unpaired) electrons. The highest BCUT2D eigenvalue weighted by Crippen LogP contribution is 2.35. The first kappa shape index (κ1) is 11.0. The topological polar surface area (TPSA) is 38.7 Å². The molecule has 1 aromatic rings. The van der Waals surface area contributed by atoms with E-state index in [1.54, 1.807) is 0 Å². The van der Waals surface area contributed by atoms with Gasteiger partial charge >= 0.3 is 0 Å². The third-order valence-electron chi connectivity index (χ3n) is 2.74. The minimum absolute atomic E-state index is 0.0522. The van der Waals surface area contributed by atoms with Gasteiger partial charge in [-0.1, -0.05) is 37.3 Å². The third-order valence-corrected chi connectivity index (χ3v) is 2.74. The number of carbonyl (C=O) groups excluding carboxylic acids is 1. The van der Waals surface area contributed by atoms with E-state index in [-0.39, 0.29) is 5.78 Å². The van der Waals surface area contributed by atoms with Gasteiger partial charge in [0, 0.05) is 19.1 Å². The fourth-order valence-corrected chi connectivity index (χ4v) is 1.83. The lowest BCUT2D eigenvalue weighted by Gasteiger charge is -2.11. The Morgan fingerprint density at radius 1 is 1.38 bits per heavy atom. The van der Waals surface area contributed by atoms with Crippen molar-refractivity contribution in [2.24, 2.45) is 4.99 Å². The molecule has 1 unspecified atom stereocenters. The molecule has 2 rings (SSSR count). The van der Waals surface area contributed by atoms with Gasteiger partial charge in [-0.3, -0.25) is 4.79 Å².